The van der Waals surface area contributed by atoms with Crippen LogP contribution in [0.2, 0.25) is 0 Å². The Morgan fingerprint density at radius 2 is 1.93 bits per heavy atom. The quantitative estimate of drug-likeness (QED) is 0.397. The van der Waals surface area contributed by atoms with Crippen LogP contribution in [0, 0.1) is 22.6 Å². The number of hydrogen-bond donors (Lipinski definition) is 1. The Bertz CT molecular complexity index is 1470. The third-order valence-corrected chi connectivity index (χ3v) is 9.28. The molecule has 212 valence electrons. The van der Waals surface area contributed by atoms with Gasteiger partial charge in [-0.25, -0.2) is 14.4 Å². The first kappa shape index (κ1) is 26.0. The smallest absolute Gasteiger partial charge is 0.188 e. The van der Waals surface area contributed by atoms with E-state index in [-0.39, 0.29) is 17.3 Å². The zero-order chi connectivity index (χ0) is 27.8. The number of aromatic nitrogens is 2. The number of nitrogens with one attached hydrogen (secondary N) is 1. The molecule has 2 unspecified atom stereocenters. The number of hydrogen-bond acceptors (Lipinski definition) is 8. The average molecular weight is 555 g/mol. The topological polar surface area (TPSA) is 86.5 Å². The molecule has 41 heavy (non-hydrogen) atoms. The van der Waals surface area contributed by atoms with Gasteiger partial charge in [-0.3, -0.25) is 0 Å². The normalized spacial score (nSPS) is 24.0. The minimum Gasteiger partial charge on any atom is -0.486 e. The summed E-state index contributed by atoms with van der Waals surface area (Å²) < 4.78 is 26.6. The lowest BCUT2D eigenvalue weighted by Gasteiger charge is -2.27. The SMILES string of the molecule is N#Cc1ccc2c(c1)NCC2CN1CCC2(CCN(c3ncncc3Oc3ccc(F)cc3OC3CCCC3)C2)C1. The van der Waals surface area contributed by atoms with Crippen LogP contribution in [-0.2, 0) is 0 Å². The van der Waals surface area contributed by atoms with Crippen molar-refractivity contribution < 1.29 is 13.9 Å². The van der Waals surface area contributed by atoms with E-state index in [1.807, 2.05) is 12.1 Å². The molecule has 0 radical (unpaired) electrons. The minimum absolute atomic E-state index is 0.0953. The Morgan fingerprint density at radius 3 is 2.80 bits per heavy atom. The molecule has 7 rings (SSSR count). The van der Waals surface area contributed by atoms with E-state index in [0.29, 0.717) is 28.7 Å². The van der Waals surface area contributed by atoms with Crippen molar-refractivity contribution in [1.82, 2.24) is 14.9 Å². The number of likely N-dealkylation sites (tertiary alicyclic amines) is 1. The van der Waals surface area contributed by atoms with Crippen LogP contribution in [0.25, 0.3) is 0 Å². The molecule has 9 heteroatoms. The van der Waals surface area contributed by atoms with E-state index in [2.05, 4.69) is 37.2 Å². The Hall–Kier alpha value is -3.90. The zero-order valence-electron chi connectivity index (χ0n) is 23.2. The highest BCUT2D eigenvalue weighted by atomic mass is 19.1. The molecule has 3 aliphatic heterocycles. The second-order valence-electron chi connectivity index (χ2n) is 12.1. The molecule has 1 aromatic heterocycles. The van der Waals surface area contributed by atoms with Gasteiger partial charge in [0.05, 0.1) is 23.9 Å². The van der Waals surface area contributed by atoms with E-state index in [1.165, 1.54) is 17.7 Å². The van der Waals surface area contributed by atoms with Crippen molar-refractivity contribution in [2.45, 2.75) is 50.5 Å². The molecule has 8 nitrogen and oxygen atoms in total. The third-order valence-electron chi connectivity index (χ3n) is 9.28. The number of fused-ring (bicyclic) bond motifs is 1. The van der Waals surface area contributed by atoms with Crippen molar-refractivity contribution in [3.8, 4) is 23.3 Å². The maximum Gasteiger partial charge on any atom is 0.188 e. The summed E-state index contributed by atoms with van der Waals surface area (Å²) in [5.41, 5.74) is 3.34. The lowest BCUT2D eigenvalue weighted by atomic mass is 9.86. The van der Waals surface area contributed by atoms with Crippen molar-refractivity contribution in [2.24, 2.45) is 5.41 Å². The maximum absolute atomic E-state index is 14.1. The summed E-state index contributed by atoms with van der Waals surface area (Å²) >= 11 is 0. The van der Waals surface area contributed by atoms with Crippen LogP contribution >= 0.6 is 0 Å². The average Bonchev–Trinajstić information content (AvgIpc) is 3.80. The third kappa shape index (κ3) is 5.29. The Kier molecular flexibility index (Phi) is 6.87. The van der Waals surface area contributed by atoms with E-state index in [0.717, 1.165) is 89.3 Å². The van der Waals surface area contributed by atoms with Gasteiger partial charge in [0.25, 0.3) is 0 Å². The highest BCUT2D eigenvalue weighted by Gasteiger charge is 2.45. The van der Waals surface area contributed by atoms with E-state index < -0.39 is 0 Å². The molecular formula is C32H35FN6O2. The molecule has 3 aromatic rings. The number of nitriles is 1. The van der Waals surface area contributed by atoms with Crippen molar-refractivity contribution in [1.29, 1.82) is 5.26 Å². The van der Waals surface area contributed by atoms with E-state index in [4.69, 9.17) is 9.47 Å². The summed E-state index contributed by atoms with van der Waals surface area (Å²) in [5.74, 6) is 2.35. The molecule has 2 saturated heterocycles. The summed E-state index contributed by atoms with van der Waals surface area (Å²) in [6.07, 6.45) is 9.84. The van der Waals surface area contributed by atoms with Gasteiger partial charge in [-0.15, -0.1) is 0 Å². The van der Waals surface area contributed by atoms with E-state index in [1.54, 1.807) is 18.6 Å². The largest absolute Gasteiger partial charge is 0.486 e. The number of nitrogens with zero attached hydrogens (tertiary/aromatic N) is 5. The monoisotopic (exact) mass is 554 g/mol. The van der Waals surface area contributed by atoms with Gasteiger partial charge in [0, 0.05) is 55.8 Å². The fourth-order valence-electron chi connectivity index (χ4n) is 7.17. The molecule has 1 aliphatic carbocycles. The first-order valence-electron chi connectivity index (χ1n) is 14.8. The maximum atomic E-state index is 14.1. The van der Waals surface area contributed by atoms with Gasteiger partial charge in [0.15, 0.2) is 23.1 Å². The number of halogens is 1. The van der Waals surface area contributed by atoms with E-state index in [9.17, 15) is 9.65 Å². The highest BCUT2D eigenvalue weighted by Crippen LogP contribution is 2.45. The van der Waals surface area contributed by atoms with Gasteiger partial charge in [-0.1, -0.05) is 6.07 Å². The Morgan fingerprint density at radius 1 is 1.05 bits per heavy atom. The molecule has 1 N–H and O–H groups in total. The van der Waals surface area contributed by atoms with Crippen LogP contribution in [0.5, 0.6) is 17.2 Å². The van der Waals surface area contributed by atoms with Gasteiger partial charge < -0.3 is 24.6 Å². The number of benzene rings is 2. The number of ether oxygens (including phenoxy) is 2. The number of anilines is 2. The second kappa shape index (κ2) is 10.8. The summed E-state index contributed by atoms with van der Waals surface area (Å²) in [5, 5.41) is 12.7. The van der Waals surface area contributed by atoms with Crippen molar-refractivity contribution in [3.63, 3.8) is 0 Å². The van der Waals surface area contributed by atoms with Gasteiger partial charge in [-0.2, -0.15) is 5.26 Å². The molecular weight excluding hydrogens is 519 g/mol. The fraction of sp³-hybridized carbons (Fsp3) is 0.469. The van der Waals surface area contributed by atoms with Crippen LogP contribution in [0.15, 0.2) is 48.9 Å². The minimum atomic E-state index is -0.342. The molecule has 4 heterocycles. The van der Waals surface area contributed by atoms with Crippen LogP contribution in [0.1, 0.15) is 55.6 Å². The first-order chi connectivity index (χ1) is 20.1. The summed E-state index contributed by atoms with van der Waals surface area (Å²) in [6.45, 7) is 5.89. The predicted molar refractivity (Wildman–Crippen MR) is 154 cm³/mol. The first-order valence-corrected chi connectivity index (χ1v) is 14.8. The molecule has 0 amide bonds. The van der Waals surface area contributed by atoms with Gasteiger partial charge >= 0.3 is 0 Å². The molecule has 1 saturated carbocycles. The number of rotatable bonds is 7. The van der Waals surface area contributed by atoms with Crippen LogP contribution in [0.4, 0.5) is 15.9 Å². The van der Waals surface area contributed by atoms with E-state index >= 15 is 0 Å². The lowest BCUT2D eigenvalue weighted by Crippen LogP contribution is -2.33. The summed E-state index contributed by atoms with van der Waals surface area (Å²) in [7, 11) is 0. The molecule has 3 fully saturated rings. The second-order valence-corrected chi connectivity index (χ2v) is 12.1. The molecule has 1 spiro atoms. The van der Waals surface area contributed by atoms with Gasteiger partial charge in [0.1, 0.15) is 12.1 Å². The van der Waals surface area contributed by atoms with Crippen LogP contribution < -0.4 is 19.7 Å². The van der Waals surface area contributed by atoms with Gasteiger partial charge in [-0.05, 0) is 74.9 Å². The Balaban J connectivity index is 1.03. The zero-order valence-corrected chi connectivity index (χ0v) is 23.2. The summed E-state index contributed by atoms with van der Waals surface area (Å²) in [6, 6.07) is 12.7. The predicted octanol–water partition coefficient (Wildman–Crippen LogP) is 5.71. The molecule has 2 atom stereocenters. The summed E-state index contributed by atoms with van der Waals surface area (Å²) in [4.78, 5) is 13.8. The lowest BCUT2D eigenvalue weighted by molar-refractivity contribution is 0.202. The van der Waals surface area contributed by atoms with Crippen molar-refractivity contribution in [3.05, 3.63) is 65.9 Å². The fourth-order valence-corrected chi connectivity index (χ4v) is 7.17. The van der Waals surface area contributed by atoms with Crippen molar-refractivity contribution in [2.75, 3.05) is 49.5 Å². The molecule has 4 aliphatic rings. The standard InChI is InChI=1S/C32H35FN6O2/c33-24-6-8-28(29(14-24)40-25-3-1-2-4-25)41-30-17-35-21-37-31(30)39-12-10-32(20-39)9-11-38(19-32)18-23-16-36-27-13-22(15-34)5-7-26(23)27/h5-8,13-14,17,21,23,25,36H,1-4,9-12,16,18-20H2. The van der Waals surface area contributed by atoms with Crippen LogP contribution in [0.3, 0.4) is 0 Å². The molecule has 2 aromatic carbocycles. The highest BCUT2D eigenvalue weighted by molar-refractivity contribution is 5.61. The van der Waals surface area contributed by atoms with Crippen molar-refractivity contribution >= 4 is 11.5 Å². The Labute approximate surface area is 240 Å². The van der Waals surface area contributed by atoms with Gasteiger partial charge in [0.2, 0.25) is 0 Å². The van der Waals surface area contributed by atoms with Crippen LogP contribution in [-0.4, -0.2) is 60.2 Å². The molecule has 0 bridgehead atoms.